The van der Waals surface area contributed by atoms with Crippen LogP contribution in [0.25, 0.3) is 0 Å². The summed E-state index contributed by atoms with van der Waals surface area (Å²) in [6.07, 6.45) is 2.00. The Morgan fingerprint density at radius 3 is 2.62 bits per heavy atom. The maximum atomic E-state index is 3.23. The van der Waals surface area contributed by atoms with E-state index in [0.29, 0.717) is 6.17 Å². The molecule has 0 aliphatic carbocycles. The number of hydrogen-bond donors (Lipinski definition) is 1. The number of nitrogens with one attached hydrogen (secondary N) is 1. The second-order valence-corrected chi connectivity index (χ2v) is 2.22. The molecule has 1 atom stereocenters. The summed E-state index contributed by atoms with van der Waals surface area (Å²) >= 11 is 0. The van der Waals surface area contributed by atoms with Gasteiger partial charge in [0.2, 0.25) is 0 Å². The van der Waals surface area contributed by atoms with Gasteiger partial charge in [0, 0.05) is 6.54 Å². The molecule has 1 fully saturated rings. The van der Waals surface area contributed by atoms with Gasteiger partial charge in [-0.2, -0.15) is 0 Å². The lowest BCUT2D eigenvalue weighted by molar-refractivity contribution is 0.0773. The molecule has 0 aromatic heterocycles. The van der Waals surface area contributed by atoms with Crippen molar-refractivity contribution >= 4 is 0 Å². The lowest BCUT2D eigenvalue weighted by atomic mass is 10.1. The van der Waals surface area contributed by atoms with Gasteiger partial charge >= 0.3 is 0 Å². The van der Waals surface area contributed by atoms with E-state index in [-0.39, 0.29) is 0 Å². The topological polar surface area (TPSA) is 15.3 Å². The Hall–Kier alpha value is -0.0800. The van der Waals surface area contributed by atoms with Crippen LogP contribution in [0.5, 0.6) is 0 Å². The monoisotopic (exact) mass is 114 g/mol. The van der Waals surface area contributed by atoms with Crippen LogP contribution in [0.2, 0.25) is 0 Å². The third kappa shape index (κ3) is 0.858. The van der Waals surface area contributed by atoms with Crippen LogP contribution in [0, 0.1) is 0 Å². The van der Waals surface area contributed by atoms with Crippen LogP contribution in [-0.2, 0) is 0 Å². The van der Waals surface area contributed by atoms with E-state index in [0.717, 1.165) is 0 Å². The lowest BCUT2D eigenvalue weighted by Gasteiger charge is -2.39. The first-order valence-electron chi connectivity index (χ1n) is 3.29. The Kier molecular flexibility index (Phi) is 1.86. The van der Waals surface area contributed by atoms with Crippen LogP contribution in [0.1, 0.15) is 13.3 Å². The van der Waals surface area contributed by atoms with Crippen molar-refractivity contribution < 1.29 is 0 Å². The van der Waals surface area contributed by atoms with E-state index in [2.05, 4.69) is 17.1 Å². The normalized spacial score (nSPS) is 30.0. The maximum Gasteiger partial charge on any atom is 0.0606 e. The molecular formula is C6H14N2. The largest absolute Gasteiger partial charge is 0.305 e. The van der Waals surface area contributed by atoms with Gasteiger partial charge in [0.15, 0.2) is 0 Å². The van der Waals surface area contributed by atoms with Crippen molar-refractivity contribution in [3.63, 3.8) is 0 Å². The van der Waals surface area contributed by atoms with Gasteiger partial charge in [-0.1, -0.05) is 6.92 Å². The zero-order valence-corrected chi connectivity index (χ0v) is 5.65. The summed E-state index contributed by atoms with van der Waals surface area (Å²) in [7, 11) is 2.02. The first-order valence-corrected chi connectivity index (χ1v) is 3.29. The fourth-order valence-electron chi connectivity index (χ4n) is 1.15. The molecule has 1 aliphatic rings. The second-order valence-electron chi connectivity index (χ2n) is 2.22. The third-order valence-corrected chi connectivity index (χ3v) is 1.87. The van der Waals surface area contributed by atoms with Crippen LogP contribution in [-0.4, -0.2) is 31.2 Å². The molecule has 0 radical (unpaired) electrons. The van der Waals surface area contributed by atoms with Crippen LogP contribution in [0.15, 0.2) is 0 Å². The van der Waals surface area contributed by atoms with Gasteiger partial charge in [-0.15, -0.1) is 0 Å². The predicted octanol–water partition coefficient (Wildman–Crippen LogP) is 0.257. The molecule has 8 heavy (non-hydrogen) atoms. The van der Waals surface area contributed by atoms with Crippen molar-refractivity contribution in [2.24, 2.45) is 0 Å². The molecule has 0 saturated carbocycles. The Labute approximate surface area is 50.9 Å². The summed E-state index contributed by atoms with van der Waals surface area (Å²) in [6, 6.07) is 0. The molecule has 0 bridgehead atoms. The minimum atomic E-state index is 0.681. The van der Waals surface area contributed by atoms with E-state index in [1.165, 1.54) is 19.5 Å². The third-order valence-electron chi connectivity index (χ3n) is 1.87. The molecule has 0 spiro atoms. The standard InChI is InChI=1S/C6H14N2/c1-3-8-5-4-6(8)7-2/h6-7H,3-5H2,1-2H3. The molecule has 1 saturated heterocycles. The molecule has 1 rings (SSSR count). The molecule has 1 unspecified atom stereocenters. The molecule has 1 heterocycles. The zero-order valence-electron chi connectivity index (χ0n) is 5.65. The first kappa shape index (κ1) is 6.05. The SMILES string of the molecule is CCN1CCC1NC. The Bertz CT molecular complexity index is 58.9. The predicted molar refractivity (Wildman–Crippen MR) is 34.7 cm³/mol. The van der Waals surface area contributed by atoms with Crippen molar-refractivity contribution in [3.8, 4) is 0 Å². The summed E-state index contributed by atoms with van der Waals surface area (Å²) in [5.41, 5.74) is 0. The highest BCUT2D eigenvalue weighted by molar-refractivity contribution is 4.77. The molecule has 2 heteroatoms. The summed E-state index contributed by atoms with van der Waals surface area (Å²) in [5, 5.41) is 3.23. The number of likely N-dealkylation sites (tertiary alicyclic amines) is 1. The summed E-state index contributed by atoms with van der Waals surface area (Å²) in [6.45, 7) is 4.66. The smallest absolute Gasteiger partial charge is 0.0606 e. The van der Waals surface area contributed by atoms with E-state index in [9.17, 15) is 0 Å². The number of nitrogens with zero attached hydrogens (tertiary/aromatic N) is 1. The Morgan fingerprint density at radius 2 is 2.50 bits per heavy atom. The minimum Gasteiger partial charge on any atom is -0.305 e. The molecule has 0 amide bonds. The van der Waals surface area contributed by atoms with Gasteiger partial charge in [-0.3, -0.25) is 4.90 Å². The van der Waals surface area contributed by atoms with Gasteiger partial charge in [-0.05, 0) is 20.0 Å². The average Bonchev–Trinajstić information content (AvgIpc) is 1.66. The van der Waals surface area contributed by atoms with E-state index in [1.807, 2.05) is 7.05 Å². The first-order chi connectivity index (χ1) is 3.88. The van der Waals surface area contributed by atoms with Crippen molar-refractivity contribution in [1.82, 2.24) is 10.2 Å². The van der Waals surface area contributed by atoms with E-state index in [1.54, 1.807) is 0 Å². The summed E-state index contributed by atoms with van der Waals surface area (Å²) in [5.74, 6) is 0. The zero-order chi connectivity index (χ0) is 5.98. The van der Waals surface area contributed by atoms with E-state index < -0.39 is 0 Å². The Balaban J connectivity index is 2.16. The second kappa shape index (κ2) is 2.46. The van der Waals surface area contributed by atoms with Crippen molar-refractivity contribution in [1.29, 1.82) is 0 Å². The quantitative estimate of drug-likeness (QED) is 0.554. The van der Waals surface area contributed by atoms with E-state index >= 15 is 0 Å². The highest BCUT2D eigenvalue weighted by Crippen LogP contribution is 2.11. The minimum absolute atomic E-state index is 0.681. The Morgan fingerprint density at radius 1 is 1.75 bits per heavy atom. The van der Waals surface area contributed by atoms with E-state index in [4.69, 9.17) is 0 Å². The highest BCUT2D eigenvalue weighted by atomic mass is 15.3. The van der Waals surface area contributed by atoms with Crippen molar-refractivity contribution in [3.05, 3.63) is 0 Å². The molecule has 1 aliphatic heterocycles. The van der Waals surface area contributed by atoms with Gasteiger partial charge in [0.05, 0.1) is 6.17 Å². The van der Waals surface area contributed by atoms with Crippen LogP contribution in [0.4, 0.5) is 0 Å². The number of rotatable bonds is 2. The fraction of sp³-hybridized carbons (Fsp3) is 1.00. The van der Waals surface area contributed by atoms with Gasteiger partial charge in [0.1, 0.15) is 0 Å². The van der Waals surface area contributed by atoms with Crippen molar-refractivity contribution in [2.75, 3.05) is 20.1 Å². The van der Waals surface area contributed by atoms with Gasteiger partial charge < -0.3 is 5.32 Å². The average molecular weight is 114 g/mol. The van der Waals surface area contributed by atoms with Gasteiger partial charge in [0.25, 0.3) is 0 Å². The summed E-state index contributed by atoms with van der Waals surface area (Å²) in [4.78, 5) is 2.42. The summed E-state index contributed by atoms with van der Waals surface area (Å²) < 4.78 is 0. The lowest BCUT2D eigenvalue weighted by Crippen LogP contribution is -2.54. The number of hydrogen-bond acceptors (Lipinski definition) is 2. The molecule has 2 nitrogen and oxygen atoms in total. The molecule has 48 valence electrons. The maximum absolute atomic E-state index is 3.23. The van der Waals surface area contributed by atoms with Crippen LogP contribution in [0.3, 0.4) is 0 Å². The van der Waals surface area contributed by atoms with Gasteiger partial charge in [-0.25, -0.2) is 0 Å². The molecule has 0 aromatic rings. The highest BCUT2D eigenvalue weighted by Gasteiger charge is 2.23. The molecule has 1 N–H and O–H groups in total. The van der Waals surface area contributed by atoms with Crippen LogP contribution >= 0.6 is 0 Å². The van der Waals surface area contributed by atoms with Crippen LogP contribution < -0.4 is 5.32 Å². The van der Waals surface area contributed by atoms with Crippen molar-refractivity contribution in [2.45, 2.75) is 19.5 Å². The molecular weight excluding hydrogens is 100 g/mol. The molecule has 0 aromatic carbocycles. The fourth-order valence-corrected chi connectivity index (χ4v) is 1.15.